The minimum absolute atomic E-state index is 0.532. The van der Waals surface area contributed by atoms with Crippen molar-refractivity contribution in [3.63, 3.8) is 0 Å². The largest absolute Gasteiger partial charge is 0.385 e. The van der Waals surface area contributed by atoms with Crippen molar-refractivity contribution in [3.05, 3.63) is 0 Å². The first-order valence-corrected chi connectivity index (χ1v) is 6.82. The van der Waals surface area contributed by atoms with Crippen LogP contribution in [-0.4, -0.2) is 48.5 Å². The minimum Gasteiger partial charge on any atom is -0.385 e. The van der Waals surface area contributed by atoms with Gasteiger partial charge in [-0.15, -0.1) is 0 Å². The third-order valence-electron chi connectivity index (χ3n) is 1.86. The smallest absolute Gasteiger partial charge is 0.205 e. The summed E-state index contributed by atoms with van der Waals surface area (Å²) in [5.74, 6) is 7.10. The molecule has 4 N–H and O–H groups in total. The monoisotopic (exact) mass is 250 g/mol. The van der Waals surface area contributed by atoms with Gasteiger partial charge in [-0.3, -0.25) is 14.6 Å². The Bertz CT molecular complexity index is 224. The molecule has 0 saturated heterocycles. The summed E-state index contributed by atoms with van der Waals surface area (Å²) in [7, 11) is 0.897. The Hall–Kier alpha value is -0.660. The molecule has 0 spiro atoms. The van der Waals surface area contributed by atoms with Gasteiger partial charge in [-0.05, 0) is 6.42 Å². The fourth-order valence-electron chi connectivity index (χ4n) is 0.980. The lowest BCUT2D eigenvalue weighted by molar-refractivity contribution is 0.197. The molecule has 0 aliphatic heterocycles. The van der Waals surface area contributed by atoms with Gasteiger partial charge in [0, 0.05) is 49.1 Å². The molecule has 1 atom stereocenters. The van der Waals surface area contributed by atoms with Crippen LogP contribution in [0.15, 0.2) is 4.99 Å². The van der Waals surface area contributed by atoms with Crippen molar-refractivity contribution in [1.82, 2.24) is 10.7 Å². The normalized spacial score (nSPS) is 13.6. The van der Waals surface area contributed by atoms with Crippen LogP contribution >= 0.6 is 0 Å². The van der Waals surface area contributed by atoms with Crippen LogP contribution in [0.3, 0.4) is 0 Å². The zero-order chi connectivity index (χ0) is 12.2. The van der Waals surface area contributed by atoms with Crippen LogP contribution < -0.4 is 16.6 Å². The number of nitrogens with zero attached hydrogens (tertiary/aromatic N) is 1. The van der Waals surface area contributed by atoms with E-state index in [1.807, 2.05) is 6.92 Å². The lowest BCUT2D eigenvalue weighted by Crippen LogP contribution is -2.43. The first-order valence-electron chi connectivity index (χ1n) is 5.33. The number of ether oxygens (including phenoxy) is 1. The number of aliphatic imine (C=N–C) groups is 1. The van der Waals surface area contributed by atoms with Gasteiger partial charge in [0.2, 0.25) is 5.96 Å². The van der Waals surface area contributed by atoms with Gasteiger partial charge in [-0.25, -0.2) is 5.84 Å². The Balaban J connectivity index is 3.68. The summed E-state index contributed by atoms with van der Waals surface area (Å²) >= 11 is 0. The topological polar surface area (TPSA) is 88.7 Å². The average Bonchev–Trinajstić information content (AvgIpc) is 2.31. The van der Waals surface area contributed by atoms with E-state index in [4.69, 9.17) is 10.6 Å². The summed E-state index contributed by atoms with van der Waals surface area (Å²) in [5.41, 5.74) is 2.47. The quantitative estimate of drug-likeness (QED) is 0.173. The van der Waals surface area contributed by atoms with Crippen molar-refractivity contribution in [2.45, 2.75) is 13.3 Å². The van der Waals surface area contributed by atoms with Gasteiger partial charge in [0.25, 0.3) is 0 Å². The van der Waals surface area contributed by atoms with Crippen LogP contribution in [0.1, 0.15) is 13.3 Å². The highest BCUT2D eigenvalue weighted by Crippen LogP contribution is 1.83. The number of guanidine groups is 1. The van der Waals surface area contributed by atoms with E-state index < -0.39 is 10.8 Å². The number of rotatable bonds is 8. The first kappa shape index (κ1) is 15.3. The lowest BCUT2D eigenvalue weighted by Gasteiger charge is -2.08. The third kappa shape index (κ3) is 8.63. The highest BCUT2D eigenvalue weighted by atomic mass is 32.2. The van der Waals surface area contributed by atoms with Gasteiger partial charge < -0.3 is 10.1 Å². The summed E-state index contributed by atoms with van der Waals surface area (Å²) in [4.78, 5) is 4.19. The van der Waals surface area contributed by atoms with Crippen molar-refractivity contribution in [2.24, 2.45) is 10.8 Å². The minimum atomic E-state index is -0.760. The van der Waals surface area contributed by atoms with E-state index in [2.05, 4.69) is 15.7 Å². The lowest BCUT2D eigenvalue weighted by atomic mass is 10.5. The van der Waals surface area contributed by atoms with E-state index in [1.54, 1.807) is 7.11 Å². The van der Waals surface area contributed by atoms with Crippen LogP contribution in [0.4, 0.5) is 0 Å². The van der Waals surface area contributed by atoms with E-state index in [1.165, 1.54) is 0 Å². The fraction of sp³-hybridized carbons (Fsp3) is 0.889. The number of nitrogens with two attached hydrogens (primary N) is 1. The molecule has 0 aliphatic rings. The highest BCUT2D eigenvalue weighted by molar-refractivity contribution is 7.84. The summed E-state index contributed by atoms with van der Waals surface area (Å²) in [6.45, 7) is 3.84. The predicted molar refractivity (Wildman–Crippen MR) is 67.7 cm³/mol. The SMILES string of the molecule is CCS(=O)CCNC(=NCCCOC)NN. The second kappa shape index (κ2) is 10.8. The highest BCUT2D eigenvalue weighted by Gasteiger charge is 1.98. The van der Waals surface area contributed by atoms with Crippen molar-refractivity contribution >= 4 is 16.8 Å². The molecular formula is C9H22N4O2S. The maximum atomic E-state index is 11.1. The van der Waals surface area contributed by atoms with Gasteiger partial charge >= 0.3 is 0 Å². The summed E-state index contributed by atoms with van der Waals surface area (Å²) in [6, 6.07) is 0. The molecule has 7 heteroatoms. The Morgan fingerprint density at radius 3 is 2.88 bits per heavy atom. The molecule has 96 valence electrons. The van der Waals surface area contributed by atoms with Crippen molar-refractivity contribution in [1.29, 1.82) is 0 Å². The molecule has 16 heavy (non-hydrogen) atoms. The maximum Gasteiger partial charge on any atom is 0.205 e. The molecule has 0 rings (SSSR count). The number of nitrogens with one attached hydrogen (secondary N) is 2. The van der Waals surface area contributed by atoms with Crippen molar-refractivity contribution in [3.8, 4) is 0 Å². The summed E-state index contributed by atoms with van der Waals surface area (Å²) in [6.07, 6.45) is 0.851. The van der Waals surface area contributed by atoms with Crippen LogP contribution in [0, 0.1) is 0 Å². The van der Waals surface area contributed by atoms with Crippen LogP contribution in [-0.2, 0) is 15.5 Å². The molecule has 0 saturated carbocycles. The molecule has 0 aromatic carbocycles. The van der Waals surface area contributed by atoms with Gasteiger partial charge in [0.15, 0.2) is 0 Å². The van der Waals surface area contributed by atoms with Gasteiger partial charge in [0.05, 0.1) is 0 Å². The van der Waals surface area contributed by atoms with E-state index in [0.717, 1.165) is 6.42 Å². The Labute approximate surface area is 99.5 Å². The molecule has 1 unspecified atom stereocenters. The molecule has 0 fully saturated rings. The molecule has 0 aromatic heterocycles. The number of hydrogen-bond donors (Lipinski definition) is 3. The van der Waals surface area contributed by atoms with E-state index in [9.17, 15) is 4.21 Å². The molecule has 0 bridgehead atoms. The maximum absolute atomic E-state index is 11.1. The Kier molecular flexibility index (Phi) is 10.4. The molecule has 0 aromatic rings. The second-order valence-electron chi connectivity index (χ2n) is 3.08. The number of methoxy groups -OCH3 is 1. The first-order chi connectivity index (χ1) is 7.74. The number of hydrogen-bond acceptors (Lipinski definition) is 4. The van der Waals surface area contributed by atoms with Gasteiger partial charge in [-0.2, -0.15) is 0 Å². The predicted octanol–water partition coefficient (Wildman–Crippen LogP) is -0.800. The number of hydrazine groups is 1. The zero-order valence-corrected chi connectivity index (χ0v) is 10.8. The fourth-order valence-corrected chi connectivity index (χ4v) is 1.60. The zero-order valence-electron chi connectivity index (χ0n) is 9.99. The Morgan fingerprint density at radius 2 is 2.31 bits per heavy atom. The van der Waals surface area contributed by atoms with Gasteiger partial charge in [-0.1, -0.05) is 6.92 Å². The van der Waals surface area contributed by atoms with Crippen LogP contribution in [0.5, 0.6) is 0 Å². The van der Waals surface area contributed by atoms with Gasteiger partial charge in [0.1, 0.15) is 0 Å². The standard InChI is InChI=1S/C9H22N4O2S/c1-3-16(14)8-6-12-9(13-10)11-5-4-7-15-2/h3-8,10H2,1-2H3,(H2,11,12,13). The van der Waals surface area contributed by atoms with Crippen LogP contribution in [0.2, 0.25) is 0 Å². The molecule has 0 aliphatic carbocycles. The van der Waals surface area contributed by atoms with Crippen molar-refractivity contribution < 1.29 is 8.95 Å². The third-order valence-corrected chi connectivity index (χ3v) is 3.16. The van der Waals surface area contributed by atoms with E-state index in [0.29, 0.717) is 37.2 Å². The molecule has 0 heterocycles. The molecular weight excluding hydrogens is 228 g/mol. The summed E-state index contributed by atoms with van der Waals surface area (Å²) in [5, 5.41) is 2.99. The van der Waals surface area contributed by atoms with Crippen molar-refractivity contribution in [2.75, 3.05) is 38.3 Å². The average molecular weight is 250 g/mol. The molecule has 0 amide bonds. The van der Waals surface area contributed by atoms with E-state index >= 15 is 0 Å². The second-order valence-corrected chi connectivity index (χ2v) is 4.95. The summed E-state index contributed by atoms with van der Waals surface area (Å²) < 4.78 is 16.0. The Morgan fingerprint density at radius 1 is 1.56 bits per heavy atom. The van der Waals surface area contributed by atoms with Crippen LogP contribution in [0.25, 0.3) is 0 Å². The molecule has 0 radical (unpaired) electrons. The van der Waals surface area contributed by atoms with E-state index in [-0.39, 0.29) is 0 Å². The molecule has 6 nitrogen and oxygen atoms in total.